The summed E-state index contributed by atoms with van der Waals surface area (Å²) in [6.45, 7) is 0. The minimum atomic E-state index is 0.566. The number of pyridine rings is 1. The summed E-state index contributed by atoms with van der Waals surface area (Å²) in [5, 5.41) is 6.31. The molecule has 4 heteroatoms. The standard InChI is InChI=1S/C15H17ClN2S/c1-19-15-4-2-3-13(15)18-12-7-8-17-14-9-10(16)5-6-11(12)14/h5-9,13,15H,2-4H2,1H3,(H,17,18). The zero-order chi connectivity index (χ0) is 13.2. The number of rotatable bonds is 3. The molecule has 1 aliphatic rings. The summed E-state index contributed by atoms with van der Waals surface area (Å²) in [5.41, 5.74) is 2.13. The Morgan fingerprint density at radius 1 is 1.32 bits per heavy atom. The minimum absolute atomic E-state index is 0.566. The van der Waals surface area contributed by atoms with Gasteiger partial charge in [-0.2, -0.15) is 11.8 Å². The molecule has 0 bridgehead atoms. The summed E-state index contributed by atoms with van der Waals surface area (Å²) in [6, 6.07) is 8.53. The van der Waals surface area contributed by atoms with Crippen LogP contribution in [-0.2, 0) is 0 Å². The predicted octanol–water partition coefficient (Wildman–Crippen LogP) is 4.58. The first-order valence-corrected chi connectivity index (χ1v) is 8.28. The van der Waals surface area contributed by atoms with Gasteiger partial charge in [-0.1, -0.05) is 18.0 Å². The molecule has 1 heterocycles. The molecule has 0 saturated heterocycles. The van der Waals surface area contributed by atoms with E-state index < -0.39 is 0 Å². The van der Waals surface area contributed by atoms with Gasteiger partial charge in [0.05, 0.1) is 5.52 Å². The van der Waals surface area contributed by atoms with Crippen LogP contribution in [0.15, 0.2) is 30.5 Å². The zero-order valence-electron chi connectivity index (χ0n) is 10.9. The van der Waals surface area contributed by atoms with Crippen LogP contribution in [0.3, 0.4) is 0 Å². The molecule has 0 amide bonds. The van der Waals surface area contributed by atoms with Gasteiger partial charge in [-0.15, -0.1) is 0 Å². The molecule has 2 nitrogen and oxygen atoms in total. The number of nitrogens with zero attached hydrogens (tertiary/aromatic N) is 1. The molecule has 100 valence electrons. The molecule has 1 aliphatic carbocycles. The zero-order valence-corrected chi connectivity index (χ0v) is 12.5. The highest BCUT2D eigenvalue weighted by atomic mass is 35.5. The number of hydrogen-bond donors (Lipinski definition) is 1. The van der Waals surface area contributed by atoms with Crippen molar-refractivity contribution in [2.45, 2.75) is 30.6 Å². The van der Waals surface area contributed by atoms with E-state index in [1.165, 1.54) is 24.9 Å². The Morgan fingerprint density at radius 3 is 3.05 bits per heavy atom. The van der Waals surface area contributed by atoms with Crippen LogP contribution >= 0.6 is 23.4 Å². The van der Waals surface area contributed by atoms with Gasteiger partial charge >= 0.3 is 0 Å². The number of thioether (sulfide) groups is 1. The molecule has 2 aromatic rings. The SMILES string of the molecule is CSC1CCCC1Nc1ccnc2cc(Cl)ccc12. The quantitative estimate of drug-likeness (QED) is 0.896. The lowest BCUT2D eigenvalue weighted by molar-refractivity contribution is 0.770. The van der Waals surface area contributed by atoms with Gasteiger partial charge in [0.25, 0.3) is 0 Å². The largest absolute Gasteiger partial charge is 0.381 e. The summed E-state index contributed by atoms with van der Waals surface area (Å²) >= 11 is 7.99. The van der Waals surface area contributed by atoms with Gasteiger partial charge in [0.1, 0.15) is 0 Å². The third kappa shape index (κ3) is 2.67. The molecule has 0 aliphatic heterocycles. The molecule has 19 heavy (non-hydrogen) atoms. The van der Waals surface area contributed by atoms with Crippen LogP contribution in [0.1, 0.15) is 19.3 Å². The molecule has 3 rings (SSSR count). The number of benzene rings is 1. The Hall–Kier alpha value is -0.930. The van der Waals surface area contributed by atoms with E-state index >= 15 is 0 Å². The summed E-state index contributed by atoms with van der Waals surface area (Å²) < 4.78 is 0. The van der Waals surface area contributed by atoms with Crippen molar-refractivity contribution in [3.05, 3.63) is 35.5 Å². The topological polar surface area (TPSA) is 24.9 Å². The van der Waals surface area contributed by atoms with E-state index in [1.807, 2.05) is 30.1 Å². The molecule has 1 aromatic heterocycles. The predicted molar refractivity (Wildman–Crippen MR) is 85.3 cm³/mol. The maximum absolute atomic E-state index is 6.02. The maximum Gasteiger partial charge on any atom is 0.0737 e. The van der Waals surface area contributed by atoms with Gasteiger partial charge in [-0.05, 0) is 43.4 Å². The molecule has 1 saturated carbocycles. The molecule has 2 atom stereocenters. The highest BCUT2D eigenvalue weighted by molar-refractivity contribution is 7.99. The van der Waals surface area contributed by atoms with Crippen LogP contribution in [0.4, 0.5) is 5.69 Å². The molecule has 1 N–H and O–H groups in total. The average Bonchev–Trinajstić information content (AvgIpc) is 2.86. The lowest BCUT2D eigenvalue weighted by atomic mass is 10.1. The third-order valence-electron chi connectivity index (χ3n) is 3.80. The number of fused-ring (bicyclic) bond motifs is 1. The van der Waals surface area contributed by atoms with E-state index in [0.29, 0.717) is 6.04 Å². The molecule has 1 fully saturated rings. The summed E-state index contributed by atoms with van der Waals surface area (Å²) in [7, 11) is 0. The van der Waals surface area contributed by atoms with Crippen molar-refractivity contribution in [1.29, 1.82) is 0 Å². The van der Waals surface area contributed by atoms with Crippen LogP contribution in [0.25, 0.3) is 10.9 Å². The van der Waals surface area contributed by atoms with E-state index in [9.17, 15) is 0 Å². The fraction of sp³-hybridized carbons (Fsp3) is 0.400. The van der Waals surface area contributed by atoms with Crippen LogP contribution in [-0.4, -0.2) is 22.5 Å². The fourth-order valence-corrected chi connectivity index (χ4v) is 3.92. The molecule has 0 radical (unpaired) electrons. The van der Waals surface area contributed by atoms with E-state index in [2.05, 4.69) is 28.7 Å². The normalized spacial score (nSPS) is 22.8. The molecule has 2 unspecified atom stereocenters. The smallest absolute Gasteiger partial charge is 0.0737 e. The van der Waals surface area contributed by atoms with Gasteiger partial charge in [-0.25, -0.2) is 0 Å². The van der Waals surface area contributed by atoms with Gasteiger partial charge in [0.15, 0.2) is 0 Å². The van der Waals surface area contributed by atoms with Crippen LogP contribution in [0, 0.1) is 0 Å². The Bertz CT molecular complexity index is 587. The monoisotopic (exact) mass is 292 g/mol. The van der Waals surface area contributed by atoms with E-state index in [1.54, 1.807) is 0 Å². The number of hydrogen-bond acceptors (Lipinski definition) is 3. The minimum Gasteiger partial charge on any atom is -0.381 e. The van der Waals surface area contributed by atoms with Crippen LogP contribution < -0.4 is 5.32 Å². The van der Waals surface area contributed by atoms with E-state index in [-0.39, 0.29) is 0 Å². The molecule has 1 aromatic carbocycles. The van der Waals surface area contributed by atoms with Crippen molar-refractivity contribution in [1.82, 2.24) is 4.98 Å². The summed E-state index contributed by atoms with van der Waals surface area (Å²) in [5.74, 6) is 0. The van der Waals surface area contributed by atoms with Crippen molar-refractivity contribution in [3.63, 3.8) is 0 Å². The second kappa shape index (κ2) is 5.59. The number of halogens is 1. The first kappa shape index (κ1) is 13.1. The maximum atomic E-state index is 6.02. The number of aromatic nitrogens is 1. The summed E-state index contributed by atoms with van der Waals surface area (Å²) in [4.78, 5) is 4.39. The lowest BCUT2D eigenvalue weighted by Gasteiger charge is -2.21. The van der Waals surface area contributed by atoms with Crippen molar-refractivity contribution in [2.75, 3.05) is 11.6 Å². The number of anilines is 1. The second-order valence-electron chi connectivity index (χ2n) is 4.98. The third-order valence-corrected chi connectivity index (χ3v) is 5.21. The second-order valence-corrected chi connectivity index (χ2v) is 6.49. The molecular weight excluding hydrogens is 276 g/mol. The Morgan fingerprint density at radius 2 is 2.21 bits per heavy atom. The van der Waals surface area contributed by atoms with E-state index in [4.69, 9.17) is 11.6 Å². The first-order valence-electron chi connectivity index (χ1n) is 6.61. The first-order chi connectivity index (χ1) is 9.28. The Balaban J connectivity index is 1.92. The lowest BCUT2D eigenvalue weighted by Crippen LogP contribution is -2.25. The van der Waals surface area contributed by atoms with Gasteiger partial charge in [-0.3, -0.25) is 4.98 Å². The molecular formula is C15H17ClN2S. The van der Waals surface area contributed by atoms with Crippen molar-refractivity contribution in [2.24, 2.45) is 0 Å². The van der Waals surface area contributed by atoms with Gasteiger partial charge in [0.2, 0.25) is 0 Å². The highest BCUT2D eigenvalue weighted by Gasteiger charge is 2.26. The fourth-order valence-electron chi connectivity index (χ4n) is 2.82. The van der Waals surface area contributed by atoms with Crippen LogP contribution in [0.2, 0.25) is 5.02 Å². The van der Waals surface area contributed by atoms with Crippen molar-refractivity contribution >= 4 is 40.0 Å². The average molecular weight is 293 g/mol. The van der Waals surface area contributed by atoms with Gasteiger partial charge < -0.3 is 5.32 Å². The number of nitrogens with one attached hydrogen (secondary N) is 1. The van der Waals surface area contributed by atoms with E-state index in [0.717, 1.165) is 21.2 Å². The molecule has 0 spiro atoms. The Labute approximate surface area is 122 Å². The van der Waals surface area contributed by atoms with Crippen molar-refractivity contribution in [3.8, 4) is 0 Å². The van der Waals surface area contributed by atoms with Crippen molar-refractivity contribution < 1.29 is 0 Å². The Kier molecular flexibility index (Phi) is 3.85. The van der Waals surface area contributed by atoms with Crippen LogP contribution in [0.5, 0.6) is 0 Å². The van der Waals surface area contributed by atoms with Gasteiger partial charge in [0, 0.05) is 33.6 Å². The highest BCUT2D eigenvalue weighted by Crippen LogP contribution is 2.33. The summed E-state index contributed by atoms with van der Waals surface area (Å²) in [6.07, 6.45) is 7.94.